The van der Waals surface area contributed by atoms with Gasteiger partial charge in [-0.3, -0.25) is 14.5 Å². The fourth-order valence-electron chi connectivity index (χ4n) is 3.72. The third-order valence-corrected chi connectivity index (χ3v) is 5.58. The van der Waals surface area contributed by atoms with E-state index >= 15 is 0 Å². The van der Waals surface area contributed by atoms with Crippen LogP contribution in [-0.2, 0) is 14.3 Å². The van der Waals surface area contributed by atoms with Gasteiger partial charge < -0.3 is 19.5 Å². The minimum atomic E-state index is -0.342. The Hall–Kier alpha value is -3.32. The number of benzene rings is 2. The van der Waals surface area contributed by atoms with Crippen molar-refractivity contribution in [3.05, 3.63) is 58.8 Å². The van der Waals surface area contributed by atoms with E-state index in [1.54, 1.807) is 18.2 Å². The second-order valence-corrected chi connectivity index (χ2v) is 8.28. The number of nitrogens with zero attached hydrogens (tertiary/aromatic N) is 1. The standard InChI is InChI=1S/C25H28N2O5/c1-15(2)30-11-5-10-27-24(28)22(18-7-6-16(3)17(4)12-18)23(25(27)29)26-19-8-9-20-21(13-19)32-14-31-20/h6-9,12-13,15,26H,5,10-11,14H2,1-4H3. The average Bonchev–Trinajstić information content (AvgIpc) is 3.31. The number of hydrogen-bond donors (Lipinski definition) is 1. The van der Waals surface area contributed by atoms with Crippen LogP contribution in [0.15, 0.2) is 42.1 Å². The quantitative estimate of drug-likeness (QED) is 0.497. The van der Waals surface area contributed by atoms with Gasteiger partial charge in [-0.2, -0.15) is 0 Å². The summed E-state index contributed by atoms with van der Waals surface area (Å²) in [4.78, 5) is 28.0. The largest absolute Gasteiger partial charge is 0.454 e. The second kappa shape index (κ2) is 9.04. The first-order valence-electron chi connectivity index (χ1n) is 10.8. The lowest BCUT2D eigenvalue weighted by Crippen LogP contribution is -2.34. The van der Waals surface area contributed by atoms with Crippen LogP contribution < -0.4 is 14.8 Å². The van der Waals surface area contributed by atoms with E-state index in [1.165, 1.54) is 4.90 Å². The maximum Gasteiger partial charge on any atom is 0.278 e. The molecule has 0 radical (unpaired) electrons. The van der Waals surface area contributed by atoms with E-state index in [2.05, 4.69) is 5.32 Å². The van der Waals surface area contributed by atoms with E-state index in [0.717, 1.165) is 16.7 Å². The van der Waals surface area contributed by atoms with Gasteiger partial charge in [-0.1, -0.05) is 18.2 Å². The molecule has 0 spiro atoms. The van der Waals surface area contributed by atoms with Crippen LogP contribution in [0.4, 0.5) is 5.69 Å². The Bertz CT molecular complexity index is 1090. The number of hydrogen-bond acceptors (Lipinski definition) is 6. The van der Waals surface area contributed by atoms with Gasteiger partial charge in [0.25, 0.3) is 11.8 Å². The summed E-state index contributed by atoms with van der Waals surface area (Å²) in [6, 6.07) is 11.1. The summed E-state index contributed by atoms with van der Waals surface area (Å²) in [6.45, 7) is 8.87. The number of amides is 2. The van der Waals surface area contributed by atoms with Crippen molar-refractivity contribution in [1.82, 2.24) is 4.90 Å². The molecule has 2 aliphatic rings. The highest BCUT2D eigenvalue weighted by Gasteiger charge is 2.39. The van der Waals surface area contributed by atoms with Crippen molar-refractivity contribution < 1.29 is 23.8 Å². The summed E-state index contributed by atoms with van der Waals surface area (Å²) in [7, 11) is 0. The third kappa shape index (κ3) is 4.34. The molecule has 2 aliphatic heterocycles. The number of aryl methyl sites for hydroxylation is 2. The molecule has 2 heterocycles. The average molecular weight is 437 g/mol. The van der Waals surface area contributed by atoms with Crippen molar-refractivity contribution in [2.45, 2.75) is 40.2 Å². The highest BCUT2D eigenvalue weighted by Crippen LogP contribution is 2.36. The zero-order valence-electron chi connectivity index (χ0n) is 18.9. The van der Waals surface area contributed by atoms with Crippen molar-refractivity contribution in [1.29, 1.82) is 0 Å². The molecule has 0 unspecified atom stereocenters. The van der Waals surface area contributed by atoms with Crippen molar-refractivity contribution in [2.75, 3.05) is 25.3 Å². The van der Waals surface area contributed by atoms with Crippen molar-refractivity contribution in [3.63, 3.8) is 0 Å². The molecule has 7 heteroatoms. The Balaban J connectivity index is 1.65. The first-order valence-corrected chi connectivity index (χ1v) is 10.8. The van der Waals surface area contributed by atoms with Gasteiger partial charge in [-0.15, -0.1) is 0 Å². The summed E-state index contributed by atoms with van der Waals surface area (Å²) in [5.41, 5.74) is 4.19. The van der Waals surface area contributed by atoms with E-state index in [-0.39, 0.29) is 30.4 Å². The minimum Gasteiger partial charge on any atom is -0.454 e. The Labute approximate surface area is 188 Å². The van der Waals surface area contributed by atoms with Gasteiger partial charge in [0.1, 0.15) is 5.70 Å². The molecule has 0 bridgehead atoms. The van der Waals surface area contributed by atoms with Crippen LogP contribution in [0.5, 0.6) is 11.5 Å². The van der Waals surface area contributed by atoms with E-state index in [9.17, 15) is 9.59 Å². The second-order valence-electron chi connectivity index (χ2n) is 8.28. The predicted molar refractivity (Wildman–Crippen MR) is 121 cm³/mol. The fraction of sp³-hybridized carbons (Fsp3) is 0.360. The normalized spacial score (nSPS) is 15.3. The van der Waals surface area contributed by atoms with Crippen LogP contribution in [0.2, 0.25) is 0 Å². The van der Waals surface area contributed by atoms with Crippen LogP contribution >= 0.6 is 0 Å². The molecule has 7 nitrogen and oxygen atoms in total. The Morgan fingerprint density at radius 2 is 1.78 bits per heavy atom. The molecule has 0 aromatic heterocycles. The summed E-state index contributed by atoms with van der Waals surface area (Å²) in [6.07, 6.45) is 0.681. The SMILES string of the molecule is Cc1ccc(C2=C(Nc3ccc4c(c3)OCO4)C(=O)N(CCCOC(C)C)C2=O)cc1C. The molecular formula is C25H28N2O5. The van der Waals surface area contributed by atoms with Gasteiger partial charge in [0.05, 0.1) is 11.7 Å². The lowest BCUT2D eigenvalue weighted by molar-refractivity contribution is -0.137. The van der Waals surface area contributed by atoms with Gasteiger partial charge in [-0.05, 0) is 62.9 Å². The van der Waals surface area contributed by atoms with Crippen molar-refractivity contribution in [2.24, 2.45) is 0 Å². The van der Waals surface area contributed by atoms with E-state index < -0.39 is 0 Å². The van der Waals surface area contributed by atoms with Crippen molar-refractivity contribution >= 4 is 23.1 Å². The minimum absolute atomic E-state index is 0.104. The van der Waals surface area contributed by atoms with Gasteiger partial charge in [0.2, 0.25) is 6.79 Å². The summed E-state index contributed by atoms with van der Waals surface area (Å²) in [5.74, 6) is 0.610. The molecule has 0 fully saturated rings. The first-order chi connectivity index (χ1) is 15.3. The number of imide groups is 1. The predicted octanol–water partition coefficient (Wildman–Crippen LogP) is 4.04. The molecule has 0 aliphatic carbocycles. The molecule has 2 aromatic rings. The van der Waals surface area contributed by atoms with E-state index in [4.69, 9.17) is 14.2 Å². The summed E-state index contributed by atoms with van der Waals surface area (Å²) in [5, 5.41) is 3.17. The first kappa shape index (κ1) is 21.9. The van der Waals surface area contributed by atoms with Gasteiger partial charge in [-0.25, -0.2) is 0 Å². The smallest absolute Gasteiger partial charge is 0.278 e. The Morgan fingerprint density at radius 3 is 2.53 bits per heavy atom. The van der Waals surface area contributed by atoms with Gasteiger partial charge in [0, 0.05) is 24.9 Å². The molecule has 32 heavy (non-hydrogen) atoms. The maximum absolute atomic E-state index is 13.4. The molecule has 1 N–H and O–H groups in total. The number of nitrogens with one attached hydrogen (secondary N) is 1. The Morgan fingerprint density at radius 1 is 1.00 bits per heavy atom. The van der Waals surface area contributed by atoms with Crippen LogP contribution in [0.25, 0.3) is 5.57 Å². The van der Waals surface area contributed by atoms with Crippen LogP contribution in [0, 0.1) is 13.8 Å². The maximum atomic E-state index is 13.4. The molecule has 4 rings (SSSR count). The lowest BCUT2D eigenvalue weighted by atomic mass is 9.99. The molecule has 0 atom stereocenters. The number of fused-ring (bicyclic) bond motifs is 1. The van der Waals surface area contributed by atoms with E-state index in [0.29, 0.717) is 42.3 Å². The number of carbonyl (C=O) groups excluding carboxylic acids is 2. The van der Waals surface area contributed by atoms with E-state index in [1.807, 2.05) is 45.9 Å². The van der Waals surface area contributed by atoms with Crippen molar-refractivity contribution in [3.8, 4) is 11.5 Å². The lowest BCUT2D eigenvalue weighted by Gasteiger charge is -2.16. The highest BCUT2D eigenvalue weighted by molar-refractivity contribution is 6.36. The number of ether oxygens (including phenoxy) is 3. The fourth-order valence-corrected chi connectivity index (χ4v) is 3.72. The molecule has 2 amide bonds. The van der Waals surface area contributed by atoms with Crippen LogP contribution in [0.3, 0.4) is 0 Å². The van der Waals surface area contributed by atoms with Gasteiger partial charge >= 0.3 is 0 Å². The molecule has 0 saturated heterocycles. The van der Waals surface area contributed by atoms with Crippen LogP contribution in [-0.4, -0.2) is 42.8 Å². The number of carbonyl (C=O) groups is 2. The zero-order valence-corrected chi connectivity index (χ0v) is 18.9. The Kier molecular flexibility index (Phi) is 6.19. The monoisotopic (exact) mass is 436 g/mol. The topological polar surface area (TPSA) is 77.1 Å². The molecule has 0 saturated carbocycles. The molecule has 2 aromatic carbocycles. The number of anilines is 1. The highest BCUT2D eigenvalue weighted by atomic mass is 16.7. The third-order valence-electron chi connectivity index (χ3n) is 5.58. The van der Waals surface area contributed by atoms with Gasteiger partial charge in [0.15, 0.2) is 11.5 Å². The zero-order chi connectivity index (χ0) is 22.8. The summed E-state index contributed by atoms with van der Waals surface area (Å²) >= 11 is 0. The molecule has 168 valence electrons. The van der Waals surface area contributed by atoms with Crippen LogP contribution in [0.1, 0.15) is 37.0 Å². The molecular weight excluding hydrogens is 408 g/mol. The number of rotatable bonds is 8. The summed E-state index contributed by atoms with van der Waals surface area (Å²) < 4.78 is 16.4.